The molecule has 108 valence electrons. The van der Waals surface area contributed by atoms with Crippen molar-refractivity contribution < 1.29 is 14.0 Å². The number of hydrogen-bond acceptors (Lipinski definition) is 6. The van der Waals surface area contributed by atoms with Crippen molar-refractivity contribution in [3.8, 4) is 17.3 Å². The third kappa shape index (κ3) is 2.71. The quantitative estimate of drug-likeness (QED) is 0.718. The highest BCUT2D eigenvalue weighted by molar-refractivity contribution is 5.84. The van der Waals surface area contributed by atoms with Crippen molar-refractivity contribution in [1.82, 2.24) is 15.1 Å². The molecule has 0 saturated carbocycles. The second kappa shape index (κ2) is 5.88. The van der Waals surface area contributed by atoms with Gasteiger partial charge in [-0.2, -0.15) is 4.98 Å². The second-order valence-electron chi connectivity index (χ2n) is 4.41. The van der Waals surface area contributed by atoms with Gasteiger partial charge in [-0.1, -0.05) is 23.4 Å². The molecule has 0 N–H and O–H groups in total. The fourth-order valence-electron chi connectivity index (χ4n) is 2.05. The first-order chi connectivity index (χ1) is 10.3. The molecule has 0 radical (unpaired) electrons. The molecular weight excluding hydrogens is 270 g/mol. The van der Waals surface area contributed by atoms with Gasteiger partial charge in [0.1, 0.15) is 6.61 Å². The zero-order chi connectivity index (χ0) is 14.7. The van der Waals surface area contributed by atoms with E-state index in [1.807, 2.05) is 37.3 Å². The van der Waals surface area contributed by atoms with Gasteiger partial charge < -0.3 is 14.0 Å². The number of methoxy groups -OCH3 is 1. The highest BCUT2D eigenvalue weighted by atomic mass is 16.5. The number of nitrogens with zero attached hydrogens (tertiary/aromatic N) is 3. The number of benzene rings is 1. The van der Waals surface area contributed by atoms with Crippen molar-refractivity contribution in [2.24, 2.45) is 0 Å². The Morgan fingerprint density at radius 1 is 1.19 bits per heavy atom. The van der Waals surface area contributed by atoms with Gasteiger partial charge >= 0.3 is 0 Å². The lowest BCUT2D eigenvalue weighted by Gasteiger charge is -2.08. The van der Waals surface area contributed by atoms with Crippen LogP contribution in [0, 0.1) is 0 Å². The number of rotatable bonds is 5. The Balaban J connectivity index is 2.11. The molecule has 6 nitrogen and oxygen atoms in total. The van der Waals surface area contributed by atoms with Crippen LogP contribution in [0.5, 0.6) is 5.88 Å². The average Bonchev–Trinajstić information content (AvgIpc) is 2.96. The summed E-state index contributed by atoms with van der Waals surface area (Å²) in [6, 6.07) is 9.77. The van der Waals surface area contributed by atoms with E-state index in [-0.39, 0.29) is 6.61 Å². The van der Waals surface area contributed by atoms with E-state index in [9.17, 15) is 0 Å². The maximum Gasteiger partial charge on any atom is 0.252 e. The maximum absolute atomic E-state index is 5.60. The van der Waals surface area contributed by atoms with E-state index in [1.165, 1.54) is 0 Å². The van der Waals surface area contributed by atoms with Crippen LogP contribution in [0.1, 0.15) is 12.8 Å². The highest BCUT2D eigenvalue weighted by Crippen LogP contribution is 2.30. The van der Waals surface area contributed by atoms with Crippen LogP contribution in [0.25, 0.3) is 22.3 Å². The minimum absolute atomic E-state index is 0.276. The molecule has 1 aromatic carbocycles. The Morgan fingerprint density at radius 3 is 2.86 bits per heavy atom. The topological polar surface area (TPSA) is 70.3 Å². The second-order valence-corrected chi connectivity index (χ2v) is 4.41. The maximum atomic E-state index is 5.60. The minimum atomic E-state index is 0.276. The van der Waals surface area contributed by atoms with Gasteiger partial charge in [0.15, 0.2) is 0 Å². The Labute approximate surface area is 121 Å². The first-order valence-corrected chi connectivity index (χ1v) is 6.66. The standard InChI is InChI=1S/C15H15N3O3/c1-3-20-15-11(14-17-13(9-19-2)21-18-14)8-10-6-4-5-7-12(10)16-15/h4-8H,3,9H2,1-2H3. The molecule has 0 spiro atoms. The summed E-state index contributed by atoms with van der Waals surface area (Å²) in [6.07, 6.45) is 0. The summed E-state index contributed by atoms with van der Waals surface area (Å²) in [5.74, 6) is 1.37. The van der Waals surface area contributed by atoms with Crippen LogP contribution in [-0.4, -0.2) is 28.8 Å². The van der Waals surface area contributed by atoms with Crippen molar-refractivity contribution >= 4 is 10.9 Å². The Kier molecular flexibility index (Phi) is 3.79. The van der Waals surface area contributed by atoms with Gasteiger partial charge in [0, 0.05) is 12.5 Å². The third-order valence-electron chi connectivity index (χ3n) is 2.95. The smallest absolute Gasteiger partial charge is 0.252 e. The Hall–Kier alpha value is -2.47. The zero-order valence-electron chi connectivity index (χ0n) is 11.9. The lowest BCUT2D eigenvalue weighted by Crippen LogP contribution is -1.98. The molecule has 0 bridgehead atoms. The van der Waals surface area contributed by atoms with Gasteiger partial charge in [-0.3, -0.25) is 0 Å². The van der Waals surface area contributed by atoms with Crippen LogP contribution >= 0.6 is 0 Å². The first kappa shape index (κ1) is 13.5. The van der Waals surface area contributed by atoms with Crippen LogP contribution in [0.4, 0.5) is 0 Å². The molecule has 3 aromatic rings. The number of pyridine rings is 1. The summed E-state index contributed by atoms with van der Waals surface area (Å²) in [5.41, 5.74) is 1.58. The lowest BCUT2D eigenvalue weighted by atomic mass is 10.1. The molecule has 0 aliphatic carbocycles. The Bertz CT molecular complexity index is 755. The molecule has 0 atom stereocenters. The van der Waals surface area contributed by atoms with Crippen molar-refractivity contribution in [1.29, 1.82) is 0 Å². The molecule has 21 heavy (non-hydrogen) atoms. The molecular formula is C15H15N3O3. The van der Waals surface area contributed by atoms with Gasteiger partial charge in [0.2, 0.25) is 11.7 Å². The van der Waals surface area contributed by atoms with Crippen molar-refractivity contribution in [2.75, 3.05) is 13.7 Å². The molecule has 0 fully saturated rings. The Morgan fingerprint density at radius 2 is 2.05 bits per heavy atom. The van der Waals surface area contributed by atoms with E-state index in [1.54, 1.807) is 7.11 Å². The molecule has 0 aliphatic rings. The van der Waals surface area contributed by atoms with Crippen molar-refractivity contribution in [2.45, 2.75) is 13.5 Å². The van der Waals surface area contributed by atoms with E-state index in [4.69, 9.17) is 14.0 Å². The van der Waals surface area contributed by atoms with E-state index >= 15 is 0 Å². The molecule has 0 aliphatic heterocycles. The van der Waals surface area contributed by atoms with Gasteiger partial charge in [0.05, 0.1) is 17.7 Å². The molecule has 0 saturated heterocycles. The lowest BCUT2D eigenvalue weighted by molar-refractivity contribution is 0.151. The fraction of sp³-hybridized carbons (Fsp3) is 0.267. The summed E-state index contributed by atoms with van der Waals surface area (Å²) in [5, 5.41) is 4.96. The van der Waals surface area contributed by atoms with Crippen molar-refractivity contribution in [3.05, 3.63) is 36.2 Å². The van der Waals surface area contributed by atoms with Crippen LogP contribution in [-0.2, 0) is 11.3 Å². The zero-order valence-corrected chi connectivity index (χ0v) is 11.9. The summed E-state index contributed by atoms with van der Waals surface area (Å²) in [7, 11) is 1.58. The number of ether oxygens (including phenoxy) is 2. The van der Waals surface area contributed by atoms with Gasteiger partial charge in [-0.15, -0.1) is 0 Å². The number of aromatic nitrogens is 3. The first-order valence-electron chi connectivity index (χ1n) is 6.66. The molecule has 2 heterocycles. The van der Waals surface area contributed by atoms with E-state index in [2.05, 4.69) is 15.1 Å². The molecule has 0 unspecified atom stereocenters. The van der Waals surface area contributed by atoms with Gasteiger partial charge in [-0.25, -0.2) is 4.98 Å². The average molecular weight is 285 g/mol. The molecule has 3 rings (SSSR count). The highest BCUT2D eigenvalue weighted by Gasteiger charge is 2.16. The third-order valence-corrected chi connectivity index (χ3v) is 2.95. The SMILES string of the molecule is CCOc1nc2ccccc2cc1-c1noc(COC)n1. The van der Waals surface area contributed by atoms with Crippen LogP contribution < -0.4 is 4.74 Å². The van der Waals surface area contributed by atoms with Crippen LogP contribution in [0.15, 0.2) is 34.9 Å². The van der Waals surface area contributed by atoms with Gasteiger partial charge in [-0.05, 0) is 19.1 Å². The van der Waals surface area contributed by atoms with Gasteiger partial charge in [0.25, 0.3) is 5.89 Å². The number of para-hydroxylation sites is 1. The summed E-state index contributed by atoms with van der Waals surface area (Å²) in [6.45, 7) is 2.70. The monoisotopic (exact) mass is 285 g/mol. The summed E-state index contributed by atoms with van der Waals surface area (Å²) in [4.78, 5) is 8.82. The molecule has 6 heteroatoms. The molecule has 2 aromatic heterocycles. The van der Waals surface area contributed by atoms with E-state index in [0.717, 1.165) is 10.9 Å². The van der Waals surface area contributed by atoms with E-state index < -0.39 is 0 Å². The minimum Gasteiger partial charge on any atom is -0.477 e. The number of hydrogen-bond donors (Lipinski definition) is 0. The largest absolute Gasteiger partial charge is 0.477 e. The van der Waals surface area contributed by atoms with Crippen LogP contribution in [0.2, 0.25) is 0 Å². The summed E-state index contributed by atoms with van der Waals surface area (Å²) >= 11 is 0. The fourth-order valence-corrected chi connectivity index (χ4v) is 2.05. The normalized spacial score (nSPS) is 11.0. The van der Waals surface area contributed by atoms with Crippen molar-refractivity contribution in [3.63, 3.8) is 0 Å². The number of fused-ring (bicyclic) bond motifs is 1. The summed E-state index contributed by atoms with van der Waals surface area (Å²) < 4.78 is 15.7. The molecule has 0 amide bonds. The predicted molar refractivity (Wildman–Crippen MR) is 76.9 cm³/mol. The van der Waals surface area contributed by atoms with Crippen LogP contribution in [0.3, 0.4) is 0 Å². The predicted octanol–water partition coefficient (Wildman–Crippen LogP) is 2.83. The van der Waals surface area contributed by atoms with E-state index in [0.29, 0.717) is 29.8 Å².